The van der Waals surface area contributed by atoms with Gasteiger partial charge in [0.25, 0.3) is 5.78 Å². The summed E-state index contributed by atoms with van der Waals surface area (Å²) in [4.78, 5) is 21.2. The molecular formula is C20H24N6O. The van der Waals surface area contributed by atoms with Crippen LogP contribution in [-0.4, -0.2) is 25.5 Å². The summed E-state index contributed by atoms with van der Waals surface area (Å²) in [6.07, 6.45) is 5.60. The first-order valence-electron chi connectivity index (χ1n) is 9.36. The number of nitrogens with two attached hydrogens (primary N) is 1. The van der Waals surface area contributed by atoms with Crippen molar-refractivity contribution >= 4 is 17.4 Å². The molecule has 0 aliphatic heterocycles. The van der Waals surface area contributed by atoms with E-state index in [4.69, 9.17) is 5.73 Å². The number of aryl methyl sites for hydroxylation is 3. The summed E-state index contributed by atoms with van der Waals surface area (Å²) < 4.78 is 1.72. The van der Waals surface area contributed by atoms with Crippen molar-refractivity contribution in [1.82, 2.24) is 24.9 Å². The van der Waals surface area contributed by atoms with E-state index in [9.17, 15) is 4.79 Å². The molecule has 1 unspecified atom stereocenters. The lowest BCUT2D eigenvalue weighted by molar-refractivity contribution is -0.121. The van der Waals surface area contributed by atoms with Gasteiger partial charge in [-0.05, 0) is 68.4 Å². The summed E-state index contributed by atoms with van der Waals surface area (Å²) in [5.41, 5.74) is 12.1. The topological polar surface area (TPSA) is 98.2 Å². The number of nitrogens with zero attached hydrogens (tertiary/aromatic N) is 4. The Balaban J connectivity index is 1.46. The zero-order valence-electron chi connectivity index (χ0n) is 15.7. The Bertz CT molecular complexity index is 1010. The minimum absolute atomic E-state index is 0.0576. The van der Waals surface area contributed by atoms with E-state index in [0.29, 0.717) is 18.6 Å². The van der Waals surface area contributed by atoms with Crippen LogP contribution in [0.1, 0.15) is 53.4 Å². The van der Waals surface area contributed by atoms with E-state index in [1.165, 1.54) is 17.5 Å². The van der Waals surface area contributed by atoms with Gasteiger partial charge in [-0.3, -0.25) is 4.79 Å². The SMILES string of the molecule is Cc1nc2ncnn2c(C)c1CCC(=O)NC1CCCc2cc(N)ccc21. The number of nitrogens with one attached hydrogen (secondary N) is 1. The fourth-order valence-electron chi connectivity index (χ4n) is 4.01. The lowest BCUT2D eigenvalue weighted by atomic mass is 9.87. The Morgan fingerprint density at radius 1 is 1.37 bits per heavy atom. The van der Waals surface area contributed by atoms with E-state index in [2.05, 4.69) is 20.4 Å². The normalized spacial score (nSPS) is 16.3. The van der Waals surface area contributed by atoms with Gasteiger partial charge >= 0.3 is 0 Å². The van der Waals surface area contributed by atoms with Crippen LogP contribution >= 0.6 is 0 Å². The summed E-state index contributed by atoms with van der Waals surface area (Å²) in [5.74, 6) is 0.651. The van der Waals surface area contributed by atoms with Crippen molar-refractivity contribution < 1.29 is 4.79 Å². The molecular weight excluding hydrogens is 340 g/mol. The maximum atomic E-state index is 12.6. The fourth-order valence-corrected chi connectivity index (χ4v) is 4.01. The van der Waals surface area contributed by atoms with Gasteiger partial charge in [0.1, 0.15) is 6.33 Å². The Morgan fingerprint density at radius 3 is 3.07 bits per heavy atom. The molecule has 2 aromatic heterocycles. The molecule has 3 aromatic rings. The number of aromatic nitrogens is 4. The minimum atomic E-state index is 0.0576. The second kappa shape index (κ2) is 6.98. The molecule has 0 fully saturated rings. The number of anilines is 1. The Kier molecular flexibility index (Phi) is 4.51. The lowest BCUT2D eigenvalue weighted by Gasteiger charge is -2.26. The summed E-state index contributed by atoms with van der Waals surface area (Å²) >= 11 is 0. The molecule has 4 rings (SSSR count). The Hall–Kier alpha value is -2.96. The van der Waals surface area contributed by atoms with Crippen molar-refractivity contribution in [1.29, 1.82) is 0 Å². The van der Waals surface area contributed by atoms with Crippen LogP contribution in [0.4, 0.5) is 5.69 Å². The Morgan fingerprint density at radius 2 is 2.22 bits per heavy atom. The van der Waals surface area contributed by atoms with Crippen LogP contribution in [0.5, 0.6) is 0 Å². The molecule has 7 heteroatoms. The fraction of sp³-hybridized carbons (Fsp3) is 0.400. The predicted octanol–water partition coefficient (Wildman–Crippen LogP) is 2.45. The van der Waals surface area contributed by atoms with E-state index < -0.39 is 0 Å². The highest BCUT2D eigenvalue weighted by molar-refractivity contribution is 5.77. The number of amides is 1. The van der Waals surface area contributed by atoms with Gasteiger partial charge in [0.05, 0.1) is 6.04 Å². The van der Waals surface area contributed by atoms with E-state index in [0.717, 1.165) is 41.9 Å². The Labute approximate surface area is 158 Å². The highest BCUT2D eigenvalue weighted by Gasteiger charge is 2.22. The predicted molar refractivity (Wildman–Crippen MR) is 103 cm³/mol. The van der Waals surface area contributed by atoms with Gasteiger partial charge in [-0.2, -0.15) is 10.1 Å². The third-order valence-corrected chi connectivity index (χ3v) is 5.41. The lowest BCUT2D eigenvalue weighted by Crippen LogP contribution is -2.31. The summed E-state index contributed by atoms with van der Waals surface area (Å²) in [7, 11) is 0. The largest absolute Gasteiger partial charge is 0.399 e. The number of hydrogen-bond donors (Lipinski definition) is 2. The number of benzene rings is 1. The second-order valence-corrected chi connectivity index (χ2v) is 7.20. The number of hydrogen-bond acceptors (Lipinski definition) is 5. The molecule has 0 spiro atoms. The monoisotopic (exact) mass is 364 g/mol. The average molecular weight is 364 g/mol. The molecule has 140 valence electrons. The van der Waals surface area contributed by atoms with Crippen LogP contribution in [0.3, 0.4) is 0 Å². The molecule has 0 bridgehead atoms. The number of rotatable bonds is 4. The molecule has 0 saturated heterocycles. The van der Waals surface area contributed by atoms with Gasteiger partial charge in [-0.25, -0.2) is 9.50 Å². The maximum Gasteiger partial charge on any atom is 0.252 e. The summed E-state index contributed by atoms with van der Waals surface area (Å²) in [6, 6.07) is 6.06. The maximum absolute atomic E-state index is 12.6. The molecule has 27 heavy (non-hydrogen) atoms. The molecule has 0 saturated carbocycles. The highest BCUT2D eigenvalue weighted by atomic mass is 16.1. The first kappa shape index (κ1) is 17.5. The number of carbonyl (C=O) groups is 1. The summed E-state index contributed by atoms with van der Waals surface area (Å²) in [6.45, 7) is 3.95. The minimum Gasteiger partial charge on any atom is -0.399 e. The van der Waals surface area contributed by atoms with Crippen LogP contribution in [0.2, 0.25) is 0 Å². The highest BCUT2D eigenvalue weighted by Crippen LogP contribution is 2.31. The quantitative estimate of drug-likeness (QED) is 0.693. The van der Waals surface area contributed by atoms with E-state index in [1.807, 2.05) is 32.0 Å². The summed E-state index contributed by atoms with van der Waals surface area (Å²) in [5, 5.41) is 7.41. The van der Waals surface area contributed by atoms with Gasteiger partial charge in [0.15, 0.2) is 0 Å². The molecule has 7 nitrogen and oxygen atoms in total. The number of nitrogen functional groups attached to an aromatic ring is 1. The molecule has 2 heterocycles. The molecule has 1 aliphatic carbocycles. The van der Waals surface area contributed by atoms with Crippen molar-refractivity contribution in [2.45, 2.75) is 52.0 Å². The number of carbonyl (C=O) groups excluding carboxylic acids is 1. The first-order valence-corrected chi connectivity index (χ1v) is 9.36. The standard InChI is InChI=1S/C20H24N6O/c1-12-16(13(2)26-20(24-12)22-11-23-26)8-9-19(27)25-18-5-3-4-14-10-15(21)6-7-17(14)18/h6-7,10-11,18H,3-5,8-9,21H2,1-2H3,(H,25,27). The molecule has 0 radical (unpaired) electrons. The van der Waals surface area contributed by atoms with Crippen LogP contribution in [0.25, 0.3) is 5.78 Å². The third-order valence-electron chi connectivity index (χ3n) is 5.41. The van der Waals surface area contributed by atoms with Gasteiger partial charge in [-0.1, -0.05) is 6.07 Å². The first-order chi connectivity index (χ1) is 13.0. The second-order valence-electron chi connectivity index (χ2n) is 7.20. The van der Waals surface area contributed by atoms with Crippen LogP contribution in [0.15, 0.2) is 24.5 Å². The third kappa shape index (κ3) is 3.37. The molecule has 1 aliphatic rings. The van der Waals surface area contributed by atoms with E-state index in [-0.39, 0.29) is 11.9 Å². The van der Waals surface area contributed by atoms with Gasteiger partial charge in [-0.15, -0.1) is 0 Å². The zero-order valence-corrected chi connectivity index (χ0v) is 15.7. The average Bonchev–Trinajstić information content (AvgIpc) is 3.10. The molecule has 1 atom stereocenters. The van der Waals surface area contributed by atoms with E-state index >= 15 is 0 Å². The van der Waals surface area contributed by atoms with Crippen LogP contribution < -0.4 is 11.1 Å². The van der Waals surface area contributed by atoms with Crippen molar-refractivity contribution in [3.05, 3.63) is 52.6 Å². The van der Waals surface area contributed by atoms with Crippen molar-refractivity contribution in [3.8, 4) is 0 Å². The van der Waals surface area contributed by atoms with E-state index in [1.54, 1.807) is 4.52 Å². The van der Waals surface area contributed by atoms with Crippen molar-refractivity contribution in [3.63, 3.8) is 0 Å². The smallest absolute Gasteiger partial charge is 0.252 e. The number of fused-ring (bicyclic) bond motifs is 2. The van der Waals surface area contributed by atoms with Gasteiger partial charge in [0, 0.05) is 23.5 Å². The molecule has 1 aromatic carbocycles. The van der Waals surface area contributed by atoms with Gasteiger partial charge < -0.3 is 11.1 Å². The van der Waals surface area contributed by atoms with Crippen molar-refractivity contribution in [2.75, 3.05) is 5.73 Å². The van der Waals surface area contributed by atoms with Crippen LogP contribution in [-0.2, 0) is 17.6 Å². The molecule has 3 N–H and O–H groups in total. The van der Waals surface area contributed by atoms with Crippen molar-refractivity contribution in [2.24, 2.45) is 0 Å². The van der Waals surface area contributed by atoms with Crippen LogP contribution in [0, 0.1) is 13.8 Å². The van der Waals surface area contributed by atoms with Gasteiger partial charge in [0.2, 0.25) is 5.91 Å². The zero-order chi connectivity index (χ0) is 19.0. The molecule has 1 amide bonds.